The number of nitrogens with zero attached hydrogens (tertiary/aromatic N) is 1. The fourth-order valence-electron chi connectivity index (χ4n) is 3.17. The molecule has 0 aliphatic rings. The molecular formula is C23H17Cl2N3O4S. The van der Waals surface area contributed by atoms with E-state index in [0.29, 0.717) is 49.8 Å². The number of methoxy groups -OCH3 is 2. The highest BCUT2D eigenvalue weighted by atomic mass is 35.5. The summed E-state index contributed by atoms with van der Waals surface area (Å²) in [6.45, 7) is 0. The number of nitrogens with one attached hydrogen (secondary N) is 2. The van der Waals surface area contributed by atoms with E-state index in [4.69, 9.17) is 49.3 Å². The van der Waals surface area contributed by atoms with Crippen LogP contribution in [0, 0.1) is 0 Å². The van der Waals surface area contributed by atoms with Gasteiger partial charge in [-0.1, -0.05) is 29.3 Å². The lowest BCUT2D eigenvalue weighted by atomic mass is 10.1. The highest BCUT2D eigenvalue weighted by molar-refractivity contribution is 7.80. The first-order chi connectivity index (χ1) is 15.9. The average molecular weight is 502 g/mol. The number of rotatable bonds is 5. The van der Waals surface area contributed by atoms with Gasteiger partial charge in [-0.25, -0.2) is 4.98 Å². The Morgan fingerprint density at radius 3 is 2.45 bits per heavy atom. The van der Waals surface area contributed by atoms with Crippen molar-refractivity contribution in [1.82, 2.24) is 10.3 Å². The van der Waals surface area contributed by atoms with Crippen molar-refractivity contribution in [3.8, 4) is 23.0 Å². The smallest absolute Gasteiger partial charge is 0.264 e. The van der Waals surface area contributed by atoms with Gasteiger partial charge in [0.1, 0.15) is 22.6 Å². The SMILES string of the molecule is COc1cccc(OC)c1C(=O)NC(=S)Nc1cc(-c2nc3cc(Cl)ccc3o2)ccc1Cl. The molecule has 0 bridgehead atoms. The molecule has 0 aliphatic heterocycles. The summed E-state index contributed by atoms with van der Waals surface area (Å²) in [5.41, 5.74) is 2.58. The van der Waals surface area contributed by atoms with Gasteiger partial charge in [-0.3, -0.25) is 10.1 Å². The summed E-state index contributed by atoms with van der Waals surface area (Å²) in [4.78, 5) is 17.3. The molecule has 1 heterocycles. The van der Waals surface area contributed by atoms with Gasteiger partial charge >= 0.3 is 0 Å². The van der Waals surface area contributed by atoms with Crippen LogP contribution in [0.1, 0.15) is 10.4 Å². The van der Waals surface area contributed by atoms with Crippen molar-refractivity contribution in [3.63, 3.8) is 0 Å². The van der Waals surface area contributed by atoms with Gasteiger partial charge in [-0.2, -0.15) is 0 Å². The van der Waals surface area contributed by atoms with Crippen molar-refractivity contribution < 1.29 is 18.7 Å². The first-order valence-electron chi connectivity index (χ1n) is 9.59. The molecule has 1 amide bonds. The van der Waals surface area contributed by atoms with Crippen LogP contribution in [0.3, 0.4) is 0 Å². The molecule has 0 spiro atoms. The average Bonchev–Trinajstić information content (AvgIpc) is 3.22. The number of halogens is 2. The minimum absolute atomic E-state index is 0.0383. The summed E-state index contributed by atoms with van der Waals surface area (Å²) in [6, 6.07) is 15.4. The molecule has 168 valence electrons. The summed E-state index contributed by atoms with van der Waals surface area (Å²) in [7, 11) is 2.93. The predicted molar refractivity (Wildman–Crippen MR) is 133 cm³/mol. The molecular weight excluding hydrogens is 485 g/mol. The van der Waals surface area contributed by atoms with Crippen LogP contribution in [-0.2, 0) is 0 Å². The first-order valence-corrected chi connectivity index (χ1v) is 10.8. The molecule has 7 nitrogen and oxygen atoms in total. The van der Waals surface area contributed by atoms with Crippen molar-refractivity contribution >= 4 is 63.2 Å². The summed E-state index contributed by atoms with van der Waals surface area (Å²) in [6.07, 6.45) is 0. The largest absolute Gasteiger partial charge is 0.496 e. The lowest BCUT2D eigenvalue weighted by Gasteiger charge is -2.15. The second-order valence-electron chi connectivity index (χ2n) is 6.77. The van der Waals surface area contributed by atoms with Crippen LogP contribution in [0.15, 0.2) is 59.0 Å². The molecule has 0 fully saturated rings. The normalized spacial score (nSPS) is 10.7. The zero-order valence-corrected chi connectivity index (χ0v) is 19.8. The minimum Gasteiger partial charge on any atom is -0.496 e. The van der Waals surface area contributed by atoms with Crippen molar-refractivity contribution in [2.45, 2.75) is 0 Å². The number of anilines is 1. The number of carbonyl (C=O) groups is 1. The lowest BCUT2D eigenvalue weighted by molar-refractivity contribution is 0.0971. The molecule has 0 saturated heterocycles. The van der Waals surface area contributed by atoms with Gasteiger partial charge in [0.15, 0.2) is 10.7 Å². The van der Waals surface area contributed by atoms with Crippen LogP contribution in [0.2, 0.25) is 10.0 Å². The quantitative estimate of drug-likeness (QED) is 0.327. The molecule has 0 atom stereocenters. The number of thiocarbonyl (C=S) groups is 1. The van der Waals surface area contributed by atoms with Crippen LogP contribution in [-0.4, -0.2) is 30.2 Å². The standard InChI is InChI=1S/C23H17Cl2N3O4S/c1-30-18-4-3-5-19(31-2)20(18)21(29)28-23(33)27-15-10-12(6-8-14(15)25)22-26-16-11-13(24)7-9-17(16)32-22/h3-11H,1-2H3,(H2,27,28,29,33). The van der Waals surface area contributed by atoms with Crippen molar-refractivity contribution in [2.24, 2.45) is 0 Å². The second-order valence-corrected chi connectivity index (χ2v) is 8.02. The van der Waals surface area contributed by atoms with Crippen LogP contribution in [0.25, 0.3) is 22.6 Å². The van der Waals surface area contributed by atoms with Crippen LogP contribution >= 0.6 is 35.4 Å². The number of amides is 1. The number of aromatic nitrogens is 1. The van der Waals surface area contributed by atoms with E-state index in [-0.39, 0.29) is 10.7 Å². The molecule has 4 aromatic rings. The third-order valence-electron chi connectivity index (χ3n) is 4.69. The number of fused-ring (bicyclic) bond motifs is 1. The zero-order chi connectivity index (χ0) is 23.5. The molecule has 3 aromatic carbocycles. The van der Waals surface area contributed by atoms with Crippen molar-refractivity contribution in [1.29, 1.82) is 0 Å². The maximum Gasteiger partial charge on any atom is 0.264 e. The highest BCUT2D eigenvalue weighted by Crippen LogP contribution is 2.32. The maximum atomic E-state index is 12.8. The Kier molecular flexibility index (Phi) is 6.69. The molecule has 0 aliphatic carbocycles. The van der Waals surface area contributed by atoms with Crippen LogP contribution < -0.4 is 20.1 Å². The maximum absolute atomic E-state index is 12.8. The number of ether oxygens (including phenoxy) is 2. The minimum atomic E-state index is -0.495. The van der Waals surface area contributed by atoms with E-state index in [1.807, 2.05) is 0 Å². The second kappa shape index (κ2) is 9.66. The summed E-state index contributed by atoms with van der Waals surface area (Å²) in [5.74, 6) is 0.599. The monoisotopic (exact) mass is 501 g/mol. The van der Waals surface area contributed by atoms with Crippen molar-refractivity contribution in [3.05, 3.63) is 70.2 Å². The van der Waals surface area contributed by atoms with Gasteiger partial charge in [0.25, 0.3) is 5.91 Å². The van der Waals surface area contributed by atoms with E-state index in [0.717, 1.165) is 0 Å². The van der Waals surface area contributed by atoms with Crippen molar-refractivity contribution in [2.75, 3.05) is 19.5 Å². The fourth-order valence-corrected chi connectivity index (χ4v) is 3.71. The number of carbonyl (C=O) groups excluding carboxylic acids is 1. The molecule has 10 heteroatoms. The van der Waals surface area contributed by atoms with E-state index >= 15 is 0 Å². The molecule has 0 saturated carbocycles. The van der Waals surface area contributed by atoms with E-state index in [2.05, 4.69) is 15.6 Å². The predicted octanol–water partition coefficient (Wildman–Crippen LogP) is 5.95. The molecule has 1 aromatic heterocycles. The third kappa shape index (κ3) is 4.88. The molecule has 2 N–H and O–H groups in total. The van der Waals surface area contributed by atoms with E-state index in [9.17, 15) is 4.79 Å². The Hall–Kier alpha value is -3.33. The zero-order valence-electron chi connectivity index (χ0n) is 17.4. The Labute approximate surface area is 204 Å². The Bertz CT molecular complexity index is 1350. The van der Waals surface area contributed by atoms with E-state index < -0.39 is 5.91 Å². The van der Waals surface area contributed by atoms with Gasteiger partial charge in [0.05, 0.1) is 24.9 Å². The number of hydrogen-bond acceptors (Lipinski definition) is 6. The fraction of sp³-hybridized carbons (Fsp3) is 0.0870. The Morgan fingerprint density at radius 2 is 1.76 bits per heavy atom. The third-order valence-corrected chi connectivity index (χ3v) is 5.46. The Morgan fingerprint density at radius 1 is 1.03 bits per heavy atom. The van der Waals surface area contributed by atoms with Crippen LogP contribution in [0.4, 0.5) is 5.69 Å². The highest BCUT2D eigenvalue weighted by Gasteiger charge is 2.20. The first kappa shape index (κ1) is 22.8. The summed E-state index contributed by atoms with van der Waals surface area (Å²) in [5, 5.41) is 6.55. The van der Waals surface area contributed by atoms with E-state index in [1.165, 1.54) is 14.2 Å². The molecule has 0 radical (unpaired) electrons. The van der Waals surface area contributed by atoms with Gasteiger partial charge in [0, 0.05) is 10.6 Å². The van der Waals surface area contributed by atoms with Gasteiger partial charge in [0.2, 0.25) is 5.89 Å². The van der Waals surface area contributed by atoms with Gasteiger partial charge in [-0.05, 0) is 60.7 Å². The van der Waals surface area contributed by atoms with E-state index in [1.54, 1.807) is 54.6 Å². The topological polar surface area (TPSA) is 85.6 Å². The number of hydrogen-bond donors (Lipinski definition) is 2. The molecule has 33 heavy (non-hydrogen) atoms. The summed E-state index contributed by atoms with van der Waals surface area (Å²) >= 11 is 17.7. The molecule has 0 unspecified atom stereocenters. The lowest BCUT2D eigenvalue weighted by Crippen LogP contribution is -2.34. The van der Waals surface area contributed by atoms with Gasteiger partial charge in [-0.15, -0.1) is 0 Å². The number of oxazole rings is 1. The van der Waals surface area contributed by atoms with Gasteiger partial charge < -0.3 is 19.2 Å². The Balaban J connectivity index is 1.56. The molecule has 4 rings (SSSR count). The van der Waals surface area contributed by atoms with Crippen LogP contribution in [0.5, 0.6) is 11.5 Å². The number of benzene rings is 3. The summed E-state index contributed by atoms with van der Waals surface area (Å²) < 4.78 is 16.4.